The summed E-state index contributed by atoms with van der Waals surface area (Å²) in [5.41, 5.74) is -1.27. The second kappa shape index (κ2) is 9.06. The zero-order valence-electron chi connectivity index (χ0n) is 21.6. The molecule has 3 N–H and O–H groups in total. The average molecular weight is 558 g/mol. The minimum Gasteiger partial charge on any atom is -0.465 e. The van der Waals surface area contributed by atoms with Crippen LogP contribution in [-0.2, 0) is 22.1 Å². The van der Waals surface area contributed by atoms with Crippen LogP contribution in [0.2, 0.25) is 0 Å². The van der Waals surface area contributed by atoms with Crippen molar-refractivity contribution in [3.05, 3.63) is 46.4 Å². The van der Waals surface area contributed by atoms with Crippen molar-refractivity contribution in [1.29, 1.82) is 5.26 Å². The van der Waals surface area contributed by atoms with Gasteiger partial charge in [0, 0.05) is 30.5 Å². The van der Waals surface area contributed by atoms with Crippen molar-refractivity contribution in [2.24, 2.45) is 0 Å². The number of alkyl halides is 1. The summed E-state index contributed by atoms with van der Waals surface area (Å²) in [7, 11) is -3.66. The number of amides is 1. The molecule has 4 heterocycles. The number of fused-ring (bicyclic) bond motifs is 2. The number of aromatic nitrogens is 3. The number of rotatable bonds is 4. The van der Waals surface area contributed by atoms with Gasteiger partial charge >= 0.3 is 6.09 Å². The summed E-state index contributed by atoms with van der Waals surface area (Å²) >= 11 is 0. The molecular weight excluding hydrogens is 529 g/mol. The third kappa shape index (κ3) is 4.22. The Hall–Kier alpha value is -3.96. The highest BCUT2D eigenvalue weighted by molar-refractivity contribution is 7.89. The van der Waals surface area contributed by atoms with E-state index in [0.717, 1.165) is 4.90 Å². The first-order chi connectivity index (χ1) is 18.3. The summed E-state index contributed by atoms with van der Waals surface area (Å²) in [4.78, 5) is 28.1. The number of halogens is 1. The number of likely N-dealkylation sites (tertiary alicyclic amines) is 1. The van der Waals surface area contributed by atoms with E-state index in [1.807, 2.05) is 26.8 Å². The van der Waals surface area contributed by atoms with Gasteiger partial charge in [-0.15, -0.1) is 0 Å². The molecular formula is C25H28FN7O5S. The van der Waals surface area contributed by atoms with Gasteiger partial charge in [0.2, 0.25) is 10.0 Å². The third-order valence-corrected chi connectivity index (χ3v) is 9.62. The molecule has 0 saturated carbocycles. The van der Waals surface area contributed by atoms with E-state index in [1.54, 1.807) is 18.2 Å². The van der Waals surface area contributed by atoms with Gasteiger partial charge in [-0.3, -0.25) is 9.48 Å². The molecule has 0 unspecified atom stereocenters. The van der Waals surface area contributed by atoms with Gasteiger partial charge in [-0.25, -0.2) is 17.6 Å². The first-order valence-electron chi connectivity index (χ1n) is 12.3. The number of sulfonamides is 1. The average Bonchev–Trinajstić information content (AvgIpc) is 3.36. The number of pyridine rings is 1. The summed E-state index contributed by atoms with van der Waals surface area (Å²) in [6.07, 6.45) is -1.92. The van der Waals surface area contributed by atoms with Crippen LogP contribution in [0, 0.1) is 11.3 Å². The largest absolute Gasteiger partial charge is 0.465 e. The SMILES string of the molecule is CC(C)(C)N1Cc2cc(Nc3nn([C@@]4(CC#N)CCN(C(=O)O)C[C@H]4F)c4cc[nH]c(=O)c34)ccc2S1(=O)=O. The van der Waals surface area contributed by atoms with E-state index in [1.165, 1.54) is 21.3 Å². The minimum atomic E-state index is -3.66. The lowest BCUT2D eigenvalue weighted by molar-refractivity contribution is 0.0170. The van der Waals surface area contributed by atoms with Crippen LogP contribution in [0.4, 0.5) is 20.7 Å². The van der Waals surface area contributed by atoms with Crippen LogP contribution in [0.25, 0.3) is 10.9 Å². The van der Waals surface area contributed by atoms with Crippen molar-refractivity contribution in [2.75, 3.05) is 18.4 Å². The van der Waals surface area contributed by atoms with Crippen LogP contribution in [-0.4, -0.2) is 68.4 Å². The Balaban J connectivity index is 1.58. The molecule has 5 rings (SSSR count). The van der Waals surface area contributed by atoms with Crippen molar-refractivity contribution in [2.45, 2.75) is 62.3 Å². The van der Waals surface area contributed by atoms with Crippen LogP contribution >= 0.6 is 0 Å². The van der Waals surface area contributed by atoms with Crippen LogP contribution in [0.3, 0.4) is 0 Å². The summed E-state index contributed by atoms with van der Waals surface area (Å²) in [6, 6.07) is 8.31. The Morgan fingerprint density at radius 3 is 2.74 bits per heavy atom. The van der Waals surface area contributed by atoms with Gasteiger partial charge < -0.3 is 20.3 Å². The maximum absolute atomic E-state index is 15.7. The highest BCUT2D eigenvalue weighted by Crippen LogP contribution is 2.40. The maximum Gasteiger partial charge on any atom is 0.407 e. The molecule has 2 aromatic heterocycles. The lowest BCUT2D eigenvalue weighted by Gasteiger charge is -2.42. The molecule has 0 spiro atoms. The molecule has 14 heteroatoms. The minimum absolute atomic E-state index is 0.00564. The lowest BCUT2D eigenvalue weighted by Crippen LogP contribution is -2.56. The normalized spacial score (nSPS) is 22.9. The van der Waals surface area contributed by atoms with Gasteiger partial charge in [0.25, 0.3) is 5.56 Å². The van der Waals surface area contributed by atoms with Crippen LogP contribution in [0.5, 0.6) is 0 Å². The van der Waals surface area contributed by atoms with Crippen molar-refractivity contribution >= 4 is 38.5 Å². The Morgan fingerprint density at radius 2 is 2.10 bits per heavy atom. The van der Waals surface area contributed by atoms with E-state index in [-0.39, 0.29) is 47.5 Å². The fourth-order valence-electron chi connectivity index (χ4n) is 5.39. The van der Waals surface area contributed by atoms with Crippen LogP contribution in [0.1, 0.15) is 39.2 Å². The van der Waals surface area contributed by atoms with Gasteiger partial charge in [-0.2, -0.15) is 14.7 Å². The van der Waals surface area contributed by atoms with Gasteiger partial charge in [0.1, 0.15) is 17.1 Å². The molecule has 2 aliphatic heterocycles. The summed E-state index contributed by atoms with van der Waals surface area (Å²) in [6.45, 7) is 5.19. The zero-order chi connectivity index (χ0) is 28.3. The Kier molecular flexibility index (Phi) is 6.19. The van der Waals surface area contributed by atoms with Crippen molar-refractivity contribution in [3.8, 4) is 6.07 Å². The zero-order valence-corrected chi connectivity index (χ0v) is 22.4. The smallest absolute Gasteiger partial charge is 0.407 e. The summed E-state index contributed by atoms with van der Waals surface area (Å²) in [5, 5.41) is 26.7. The predicted molar refractivity (Wildman–Crippen MR) is 140 cm³/mol. The van der Waals surface area contributed by atoms with E-state index in [0.29, 0.717) is 11.3 Å². The number of nitrogens with one attached hydrogen (secondary N) is 2. The highest BCUT2D eigenvalue weighted by Gasteiger charge is 2.48. The van der Waals surface area contributed by atoms with Gasteiger partial charge in [-0.05, 0) is 57.0 Å². The monoisotopic (exact) mass is 557 g/mol. The van der Waals surface area contributed by atoms with Crippen LogP contribution < -0.4 is 10.9 Å². The van der Waals surface area contributed by atoms with E-state index in [4.69, 9.17) is 0 Å². The number of nitrogens with zero attached hydrogens (tertiary/aromatic N) is 5. The Bertz CT molecular complexity index is 1690. The number of carboxylic acid groups (broad SMARTS) is 1. The molecule has 206 valence electrons. The number of hydrogen-bond donors (Lipinski definition) is 3. The number of H-pyrrole nitrogens is 1. The summed E-state index contributed by atoms with van der Waals surface area (Å²) in [5.74, 6) is 0.102. The van der Waals surface area contributed by atoms with E-state index >= 15 is 4.39 Å². The fraction of sp³-hybridized carbons (Fsp3) is 0.440. The van der Waals surface area contributed by atoms with Crippen molar-refractivity contribution < 1.29 is 22.7 Å². The molecule has 1 amide bonds. The number of aromatic amines is 1. The quantitative estimate of drug-likeness (QED) is 0.440. The van der Waals surface area contributed by atoms with Gasteiger partial charge in [0.05, 0.1) is 29.4 Å². The molecule has 0 bridgehead atoms. The lowest BCUT2D eigenvalue weighted by atomic mass is 9.83. The second-order valence-corrected chi connectivity index (χ2v) is 12.7. The maximum atomic E-state index is 15.7. The van der Waals surface area contributed by atoms with Crippen molar-refractivity contribution in [1.82, 2.24) is 24.0 Å². The summed E-state index contributed by atoms with van der Waals surface area (Å²) < 4.78 is 44.5. The molecule has 3 aromatic rings. The predicted octanol–water partition coefficient (Wildman–Crippen LogP) is 3.10. The Morgan fingerprint density at radius 1 is 1.36 bits per heavy atom. The van der Waals surface area contributed by atoms with Crippen LogP contribution in [0.15, 0.2) is 40.2 Å². The molecule has 1 saturated heterocycles. The van der Waals surface area contributed by atoms with Gasteiger partial charge in [-0.1, -0.05) is 0 Å². The molecule has 1 aromatic carbocycles. The molecule has 12 nitrogen and oxygen atoms in total. The molecule has 2 atom stereocenters. The molecule has 2 aliphatic rings. The number of anilines is 2. The highest BCUT2D eigenvalue weighted by atomic mass is 32.2. The molecule has 39 heavy (non-hydrogen) atoms. The third-order valence-electron chi connectivity index (χ3n) is 7.41. The van der Waals surface area contributed by atoms with E-state index < -0.39 is 45.5 Å². The number of piperidine rings is 1. The first-order valence-corrected chi connectivity index (χ1v) is 13.8. The number of hydrogen-bond acceptors (Lipinski definition) is 7. The van der Waals surface area contributed by atoms with Gasteiger partial charge in [0.15, 0.2) is 5.82 Å². The molecule has 0 radical (unpaired) electrons. The second-order valence-electron chi connectivity index (χ2n) is 10.8. The fourth-order valence-corrected chi connectivity index (χ4v) is 7.36. The Labute approximate surface area is 223 Å². The van der Waals surface area contributed by atoms with Crippen molar-refractivity contribution in [3.63, 3.8) is 0 Å². The molecule has 0 aliphatic carbocycles. The number of nitriles is 1. The topological polar surface area (TPSA) is 164 Å². The molecule has 1 fully saturated rings. The standard InChI is InChI=1S/C25H28FN7O5S/c1-24(2,3)32-13-15-12-16(4-5-18(15)39(32,37)38)29-21-20-17(6-10-28-22(20)34)33(30-21)25(7-9-27)8-11-31(23(35)36)14-19(25)26/h4-6,10,12,19H,7-8,11,13-14H2,1-3H3,(H,28,34)(H,29,30)(H,35,36)/t19-,25+/m1/s1. The van der Waals surface area contributed by atoms with E-state index in [2.05, 4.69) is 15.4 Å². The van der Waals surface area contributed by atoms with E-state index in [9.17, 15) is 28.4 Å². The number of benzene rings is 1. The first kappa shape index (κ1) is 26.6. The number of carbonyl (C=O) groups is 1.